The van der Waals surface area contributed by atoms with Gasteiger partial charge in [-0.2, -0.15) is 0 Å². The molecule has 160 valence electrons. The lowest BCUT2D eigenvalue weighted by molar-refractivity contribution is 0.185. The van der Waals surface area contributed by atoms with E-state index in [1.165, 1.54) is 11.1 Å². The molecule has 5 aromatic rings. The van der Waals surface area contributed by atoms with E-state index < -0.39 is 0 Å². The second kappa shape index (κ2) is 9.42. The van der Waals surface area contributed by atoms with Crippen LogP contribution in [0, 0.1) is 0 Å². The first-order valence-electron chi connectivity index (χ1n) is 10.6. The number of ether oxygens (including phenoxy) is 1. The SMILES string of the molecule is COCCn1c(SC(c2ccccc2)c2ccccc2)nnc1-c1c[nH]c2ccccc12. The van der Waals surface area contributed by atoms with Gasteiger partial charge in [0.2, 0.25) is 0 Å². The minimum atomic E-state index is 0.110. The first kappa shape index (κ1) is 20.5. The number of rotatable bonds is 8. The Hall–Kier alpha value is -3.35. The summed E-state index contributed by atoms with van der Waals surface area (Å²) in [5.41, 5.74) is 4.61. The minimum Gasteiger partial charge on any atom is -0.383 e. The highest BCUT2D eigenvalue weighted by Gasteiger charge is 2.22. The van der Waals surface area contributed by atoms with Gasteiger partial charge < -0.3 is 9.72 Å². The van der Waals surface area contributed by atoms with Crippen molar-refractivity contribution in [1.29, 1.82) is 0 Å². The number of hydrogen-bond acceptors (Lipinski definition) is 4. The van der Waals surface area contributed by atoms with E-state index in [-0.39, 0.29) is 5.25 Å². The van der Waals surface area contributed by atoms with Crippen LogP contribution in [-0.4, -0.2) is 33.5 Å². The van der Waals surface area contributed by atoms with Gasteiger partial charge in [0.25, 0.3) is 0 Å². The number of para-hydroxylation sites is 1. The number of aromatic amines is 1. The molecule has 0 spiro atoms. The zero-order valence-electron chi connectivity index (χ0n) is 17.8. The predicted molar refractivity (Wildman–Crippen MR) is 130 cm³/mol. The van der Waals surface area contributed by atoms with Gasteiger partial charge in [-0.25, -0.2) is 0 Å². The highest BCUT2D eigenvalue weighted by Crippen LogP contribution is 2.41. The molecule has 0 aliphatic heterocycles. The lowest BCUT2D eigenvalue weighted by Crippen LogP contribution is -2.08. The molecule has 0 fully saturated rings. The van der Waals surface area contributed by atoms with Crippen molar-refractivity contribution in [3.8, 4) is 11.4 Å². The summed E-state index contributed by atoms with van der Waals surface area (Å²) in [4.78, 5) is 3.35. The van der Waals surface area contributed by atoms with Gasteiger partial charge in [-0.05, 0) is 17.2 Å². The Balaban J connectivity index is 1.58. The Morgan fingerprint density at radius 3 is 2.22 bits per heavy atom. The molecule has 0 saturated carbocycles. The number of methoxy groups -OCH3 is 1. The van der Waals surface area contributed by atoms with Crippen LogP contribution in [0.5, 0.6) is 0 Å². The van der Waals surface area contributed by atoms with Gasteiger partial charge in [0.05, 0.1) is 18.4 Å². The molecule has 0 bridgehead atoms. The molecular formula is C26H24N4OS. The second-order valence-electron chi connectivity index (χ2n) is 7.52. The third-order valence-electron chi connectivity index (χ3n) is 5.49. The first-order chi connectivity index (χ1) is 15.8. The summed E-state index contributed by atoms with van der Waals surface area (Å²) in [7, 11) is 1.72. The van der Waals surface area contributed by atoms with Crippen LogP contribution in [0.1, 0.15) is 16.4 Å². The number of thioether (sulfide) groups is 1. The van der Waals surface area contributed by atoms with Crippen molar-refractivity contribution in [3.63, 3.8) is 0 Å². The van der Waals surface area contributed by atoms with Crippen LogP contribution in [0.4, 0.5) is 0 Å². The molecule has 2 aromatic heterocycles. The van der Waals surface area contributed by atoms with Gasteiger partial charge >= 0.3 is 0 Å². The van der Waals surface area contributed by atoms with E-state index in [0.717, 1.165) is 27.4 Å². The lowest BCUT2D eigenvalue weighted by atomic mass is 10.0. The molecule has 0 atom stereocenters. The molecule has 0 amide bonds. The Labute approximate surface area is 191 Å². The monoisotopic (exact) mass is 440 g/mol. The summed E-state index contributed by atoms with van der Waals surface area (Å²) < 4.78 is 7.58. The van der Waals surface area contributed by atoms with E-state index in [9.17, 15) is 0 Å². The van der Waals surface area contributed by atoms with Crippen LogP contribution in [0.15, 0.2) is 96.3 Å². The summed E-state index contributed by atoms with van der Waals surface area (Å²) in [5.74, 6) is 0.849. The van der Waals surface area contributed by atoms with Crippen molar-refractivity contribution in [1.82, 2.24) is 19.7 Å². The zero-order valence-corrected chi connectivity index (χ0v) is 18.6. The fourth-order valence-corrected chi connectivity index (χ4v) is 5.10. The van der Waals surface area contributed by atoms with E-state index >= 15 is 0 Å². The van der Waals surface area contributed by atoms with Crippen molar-refractivity contribution < 1.29 is 4.74 Å². The maximum Gasteiger partial charge on any atom is 0.192 e. The number of nitrogens with zero attached hydrogens (tertiary/aromatic N) is 3. The molecule has 0 aliphatic carbocycles. The molecule has 6 heteroatoms. The number of H-pyrrole nitrogens is 1. The highest BCUT2D eigenvalue weighted by atomic mass is 32.2. The van der Waals surface area contributed by atoms with Crippen LogP contribution >= 0.6 is 11.8 Å². The van der Waals surface area contributed by atoms with E-state index in [2.05, 4.69) is 80.4 Å². The largest absolute Gasteiger partial charge is 0.383 e. The zero-order chi connectivity index (χ0) is 21.8. The van der Waals surface area contributed by atoms with Crippen LogP contribution in [0.3, 0.4) is 0 Å². The fraction of sp³-hybridized carbons (Fsp3) is 0.154. The number of benzene rings is 3. The normalized spacial score (nSPS) is 11.4. The van der Waals surface area contributed by atoms with Gasteiger partial charge in [-0.15, -0.1) is 10.2 Å². The van der Waals surface area contributed by atoms with E-state index in [1.807, 2.05) is 30.5 Å². The van der Waals surface area contributed by atoms with E-state index in [1.54, 1.807) is 18.9 Å². The molecule has 3 aromatic carbocycles. The summed E-state index contributed by atoms with van der Waals surface area (Å²) in [6.45, 7) is 1.26. The number of aromatic nitrogens is 4. The first-order valence-corrected chi connectivity index (χ1v) is 11.5. The second-order valence-corrected chi connectivity index (χ2v) is 8.59. The van der Waals surface area contributed by atoms with Gasteiger partial charge in [0, 0.05) is 29.8 Å². The molecular weight excluding hydrogens is 416 g/mol. The Bertz CT molecular complexity index is 1260. The average Bonchev–Trinajstić information content (AvgIpc) is 3.46. The third kappa shape index (κ3) is 4.07. The average molecular weight is 441 g/mol. The lowest BCUT2D eigenvalue weighted by Gasteiger charge is -2.18. The molecule has 0 unspecified atom stereocenters. The van der Waals surface area contributed by atoms with Crippen molar-refractivity contribution in [3.05, 3.63) is 102 Å². The number of fused-ring (bicyclic) bond motifs is 1. The van der Waals surface area contributed by atoms with Crippen molar-refractivity contribution in [2.75, 3.05) is 13.7 Å². The smallest absolute Gasteiger partial charge is 0.192 e. The highest BCUT2D eigenvalue weighted by molar-refractivity contribution is 7.99. The molecule has 0 aliphatic rings. The fourth-order valence-electron chi connectivity index (χ4n) is 3.91. The van der Waals surface area contributed by atoms with E-state index in [0.29, 0.717) is 13.2 Å². The summed E-state index contributed by atoms with van der Waals surface area (Å²) >= 11 is 1.72. The van der Waals surface area contributed by atoms with Crippen LogP contribution in [-0.2, 0) is 11.3 Å². The maximum atomic E-state index is 5.41. The van der Waals surface area contributed by atoms with Gasteiger partial charge in [0.15, 0.2) is 11.0 Å². The molecule has 32 heavy (non-hydrogen) atoms. The predicted octanol–water partition coefficient (Wildman–Crippen LogP) is 5.95. The molecule has 5 rings (SSSR count). The van der Waals surface area contributed by atoms with Crippen LogP contribution < -0.4 is 0 Å². The summed E-state index contributed by atoms with van der Waals surface area (Å²) in [6.07, 6.45) is 2.01. The standard InChI is InChI=1S/C26H24N4OS/c1-31-17-16-30-25(22-18-27-23-15-9-8-14-21(22)23)28-29-26(30)32-24(19-10-4-2-5-11-19)20-12-6-3-7-13-20/h2-15,18,24,27H,16-17H2,1H3. The maximum absolute atomic E-state index is 5.41. The Morgan fingerprint density at radius 1 is 0.875 bits per heavy atom. The van der Waals surface area contributed by atoms with Gasteiger partial charge in [-0.1, -0.05) is 90.6 Å². The Kier molecular flexibility index (Phi) is 6.05. The third-order valence-corrected chi connectivity index (χ3v) is 6.79. The summed E-state index contributed by atoms with van der Waals surface area (Å²) in [6, 6.07) is 29.4. The van der Waals surface area contributed by atoms with Gasteiger partial charge in [-0.3, -0.25) is 4.57 Å². The topological polar surface area (TPSA) is 55.7 Å². The summed E-state index contributed by atoms with van der Waals surface area (Å²) in [5, 5.41) is 11.4. The molecule has 1 N–H and O–H groups in total. The van der Waals surface area contributed by atoms with E-state index in [4.69, 9.17) is 4.74 Å². The van der Waals surface area contributed by atoms with Crippen LogP contribution in [0.2, 0.25) is 0 Å². The molecule has 5 nitrogen and oxygen atoms in total. The Morgan fingerprint density at radius 2 is 1.53 bits per heavy atom. The van der Waals surface area contributed by atoms with Gasteiger partial charge in [0.1, 0.15) is 0 Å². The quantitative estimate of drug-likeness (QED) is 0.303. The van der Waals surface area contributed by atoms with Crippen molar-refractivity contribution in [2.45, 2.75) is 17.0 Å². The number of hydrogen-bond donors (Lipinski definition) is 1. The molecule has 0 radical (unpaired) electrons. The minimum absolute atomic E-state index is 0.110. The van der Waals surface area contributed by atoms with Crippen molar-refractivity contribution >= 4 is 22.7 Å². The molecule has 0 saturated heterocycles. The van der Waals surface area contributed by atoms with Crippen LogP contribution in [0.25, 0.3) is 22.3 Å². The van der Waals surface area contributed by atoms with Crippen molar-refractivity contribution in [2.24, 2.45) is 0 Å². The molecule has 2 heterocycles. The number of nitrogens with one attached hydrogen (secondary N) is 1.